The standard InChI is InChI=1S/C13H27O4/c1-3-7-15-10-5-11-17-13-6-12-16-9-4-8-14-2/h8H,3-7,9-13H2,1-2H3. The molecule has 0 saturated heterocycles. The van der Waals surface area contributed by atoms with Gasteiger partial charge < -0.3 is 18.9 Å². The van der Waals surface area contributed by atoms with Gasteiger partial charge in [0.25, 0.3) is 0 Å². The Kier molecular flexibility index (Phi) is 15.7. The molecule has 0 aromatic heterocycles. The fraction of sp³-hybridized carbons (Fsp3) is 0.923. The zero-order chi connectivity index (χ0) is 12.6. The van der Waals surface area contributed by atoms with Gasteiger partial charge in [0.15, 0.2) is 0 Å². The van der Waals surface area contributed by atoms with E-state index in [4.69, 9.17) is 18.9 Å². The topological polar surface area (TPSA) is 36.9 Å². The van der Waals surface area contributed by atoms with Gasteiger partial charge in [0, 0.05) is 46.8 Å². The Morgan fingerprint density at radius 1 is 0.765 bits per heavy atom. The van der Waals surface area contributed by atoms with Crippen LogP contribution in [0.3, 0.4) is 0 Å². The van der Waals surface area contributed by atoms with Crippen molar-refractivity contribution in [3.63, 3.8) is 0 Å². The van der Waals surface area contributed by atoms with Crippen LogP contribution in [0.5, 0.6) is 0 Å². The highest BCUT2D eigenvalue weighted by atomic mass is 16.5. The molecule has 4 nitrogen and oxygen atoms in total. The first-order chi connectivity index (χ1) is 8.41. The van der Waals surface area contributed by atoms with Gasteiger partial charge >= 0.3 is 0 Å². The van der Waals surface area contributed by atoms with Crippen molar-refractivity contribution < 1.29 is 18.9 Å². The zero-order valence-corrected chi connectivity index (χ0v) is 11.3. The normalized spacial score (nSPS) is 10.9. The SMILES string of the molecule is CCCOCCCOCCCOCC[CH]OC. The number of ether oxygens (including phenoxy) is 4. The maximum Gasteiger partial charge on any atom is 0.0855 e. The summed E-state index contributed by atoms with van der Waals surface area (Å²) in [5, 5.41) is 0. The Balaban J connectivity index is 2.85. The molecule has 103 valence electrons. The second-order valence-corrected chi connectivity index (χ2v) is 3.74. The van der Waals surface area contributed by atoms with Crippen LogP contribution in [0, 0.1) is 6.61 Å². The molecule has 0 heterocycles. The fourth-order valence-electron chi connectivity index (χ4n) is 1.23. The Bertz CT molecular complexity index is 117. The van der Waals surface area contributed by atoms with Crippen LogP contribution in [-0.2, 0) is 18.9 Å². The summed E-state index contributed by atoms with van der Waals surface area (Å²) < 4.78 is 21.0. The van der Waals surface area contributed by atoms with E-state index in [0.717, 1.165) is 65.3 Å². The number of hydrogen-bond donors (Lipinski definition) is 0. The molecule has 17 heavy (non-hydrogen) atoms. The highest BCUT2D eigenvalue weighted by Crippen LogP contribution is 1.92. The third-order valence-electron chi connectivity index (χ3n) is 2.05. The van der Waals surface area contributed by atoms with Crippen LogP contribution in [0.4, 0.5) is 0 Å². The van der Waals surface area contributed by atoms with E-state index in [1.54, 1.807) is 13.7 Å². The lowest BCUT2D eigenvalue weighted by Crippen LogP contribution is -2.05. The summed E-state index contributed by atoms with van der Waals surface area (Å²) in [6, 6.07) is 0. The van der Waals surface area contributed by atoms with Gasteiger partial charge in [-0.05, 0) is 25.7 Å². The van der Waals surface area contributed by atoms with Crippen LogP contribution >= 0.6 is 0 Å². The minimum Gasteiger partial charge on any atom is -0.381 e. The Labute approximate surface area is 106 Å². The second-order valence-electron chi connectivity index (χ2n) is 3.74. The van der Waals surface area contributed by atoms with Gasteiger partial charge in [-0.1, -0.05) is 6.92 Å². The molecule has 1 radical (unpaired) electrons. The van der Waals surface area contributed by atoms with Gasteiger partial charge in [0.05, 0.1) is 6.61 Å². The molecule has 0 unspecified atom stereocenters. The van der Waals surface area contributed by atoms with Crippen LogP contribution in [0.15, 0.2) is 0 Å². The van der Waals surface area contributed by atoms with E-state index in [9.17, 15) is 0 Å². The van der Waals surface area contributed by atoms with E-state index in [2.05, 4.69) is 6.92 Å². The monoisotopic (exact) mass is 247 g/mol. The lowest BCUT2D eigenvalue weighted by Gasteiger charge is -2.05. The third-order valence-corrected chi connectivity index (χ3v) is 2.05. The van der Waals surface area contributed by atoms with E-state index in [1.807, 2.05) is 0 Å². The number of methoxy groups -OCH3 is 1. The molecule has 0 aliphatic rings. The van der Waals surface area contributed by atoms with E-state index >= 15 is 0 Å². The summed E-state index contributed by atoms with van der Waals surface area (Å²) in [7, 11) is 1.65. The van der Waals surface area contributed by atoms with Crippen LogP contribution in [0.25, 0.3) is 0 Å². The molecule has 0 saturated carbocycles. The maximum absolute atomic E-state index is 5.45. The summed E-state index contributed by atoms with van der Waals surface area (Å²) in [5.74, 6) is 0. The maximum atomic E-state index is 5.45. The molecule has 0 aromatic carbocycles. The first-order valence-electron chi connectivity index (χ1n) is 6.49. The van der Waals surface area contributed by atoms with Gasteiger partial charge in [-0.3, -0.25) is 0 Å². The van der Waals surface area contributed by atoms with E-state index in [-0.39, 0.29) is 0 Å². The highest BCUT2D eigenvalue weighted by Gasteiger charge is 1.92. The molecular weight excluding hydrogens is 220 g/mol. The van der Waals surface area contributed by atoms with E-state index < -0.39 is 0 Å². The Morgan fingerprint density at radius 2 is 1.29 bits per heavy atom. The molecule has 0 aromatic rings. The first-order valence-corrected chi connectivity index (χ1v) is 6.49. The van der Waals surface area contributed by atoms with Crippen LogP contribution in [0.1, 0.15) is 32.6 Å². The zero-order valence-electron chi connectivity index (χ0n) is 11.3. The quantitative estimate of drug-likeness (QED) is 0.442. The van der Waals surface area contributed by atoms with Crippen molar-refractivity contribution in [2.24, 2.45) is 0 Å². The largest absolute Gasteiger partial charge is 0.381 e. The van der Waals surface area contributed by atoms with Gasteiger partial charge in [0.2, 0.25) is 0 Å². The molecular formula is C13H27O4. The summed E-state index contributed by atoms with van der Waals surface area (Å²) in [4.78, 5) is 0. The van der Waals surface area contributed by atoms with Crippen molar-refractivity contribution in [2.45, 2.75) is 32.6 Å². The third kappa shape index (κ3) is 15.8. The average Bonchev–Trinajstić information content (AvgIpc) is 2.35. The molecule has 0 aliphatic heterocycles. The summed E-state index contributed by atoms with van der Waals surface area (Å²) >= 11 is 0. The highest BCUT2D eigenvalue weighted by molar-refractivity contribution is 4.47. The predicted molar refractivity (Wildman–Crippen MR) is 67.9 cm³/mol. The first kappa shape index (κ1) is 16.8. The van der Waals surface area contributed by atoms with Crippen LogP contribution in [-0.4, -0.2) is 46.8 Å². The minimum atomic E-state index is 0.721. The molecule has 0 N–H and O–H groups in total. The minimum absolute atomic E-state index is 0.721. The lowest BCUT2D eigenvalue weighted by atomic mass is 10.4. The smallest absolute Gasteiger partial charge is 0.0855 e. The molecule has 0 aliphatic carbocycles. The summed E-state index contributed by atoms with van der Waals surface area (Å²) in [6.07, 6.45) is 3.84. The van der Waals surface area contributed by atoms with Gasteiger partial charge in [0.1, 0.15) is 0 Å². The summed E-state index contributed by atoms with van der Waals surface area (Å²) in [6.45, 7) is 8.53. The molecule has 4 heteroatoms. The molecule has 0 bridgehead atoms. The van der Waals surface area contributed by atoms with Gasteiger partial charge in [-0.25, -0.2) is 0 Å². The van der Waals surface area contributed by atoms with E-state index in [1.165, 1.54) is 0 Å². The molecule has 0 atom stereocenters. The van der Waals surface area contributed by atoms with Crippen molar-refractivity contribution in [1.29, 1.82) is 0 Å². The van der Waals surface area contributed by atoms with Crippen molar-refractivity contribution in [2.75, 3.05) is 46.8 Å². The number of hydrogen-bond acceptors (Lipinski definition) is 4. The lowest BCUT2D eigenvalue weighted by molar-refractivity contribution is 0.0619. The fourth-order valence-corrected chi connectivity index (χ4v) is 1.23. The second kappa shape index (κ2) is 15.8. The molecule has 0 fully saturated rings. The number of rotatable bonds is 14. The molecule has 0 spiro atoms. The molecule has 0 rings (SSSR count). The predicted octanol–water partition coefficient (Wildman–Crippen LogP) is 2.42. The Hall–Kier alpha value is -0.160. The van der Waals surface area contributed by atoms with Crippen LogP contribution < -0.4 is 0 Å². The summed E-state index contributed by atoms with van der Waals surface area (Å²) in [5.41, 5.74) is 0. The Morgan fingerprint density at radius 3 is 1.82 bits per heavy atom. The van der Waals surface area contributed by atoms with E-state index in [0.29, 0.717) is 0 Å². The van der Waals surface area contributed by atoms with Crippen molar-refractivity contribution in [3.8, 4) is 0 Å². The van der Waals surface area contributed by atoms with Crippen LogP contribution in [0.2, 0.25) is 0 Å². The molecule has 0 amide bonds. The van der Waals surface area contributed by atoms with Crippen molar-refractivity contribution in [1.82, 2.24) is 0 Å². The van der Waals surface area contributed by atoms with Crippen molar-refractivity contribution >= 4 is 0 Å². The average molecular weight is 247 g/mol. The van der Waals surface area contributed by atoms with Gasteiger partial charge in [-0.2, -0.15) is 0 Å². The van der Waals surface area contributed by atoms with Crippen molar-refractivity contribution in [3.05, 3.63) is 6.61 Å². The van der Waals surface area contributed by atoms with Gasteiger partial charge in [-0.15, -0.1) is 0 Å².